The molecule has 10 rings (SSSR count). The van der Waals surface area contributed by atoms with Crippen LogP contribution >= 0.6 is 7.14 Å². The molecule has 0 spiro atoms. The molecule has 7 aromatic carbocycles. The highest BCUT2D eigenvalue weighted by molar-refractivity contribution is 7.86. The molecule has 3 aliphatic rings. The van der Waals surface area contributed by atoms with Gasteiger partial charge in [0.15, 0.2) is 18.6 Å². The van der Waals surface area contributed by atoms with E-state index >= 15 is 4.57 Å². The number of hydrogen-bond donors (Lipinski definition) is 0. The molecule has 1 atom stereocenters. The van der Waals surface area contributed by atoms with Crippen molar-refractivity contribution in [1.29, 1.82) is 0 Å². The van der Waals surface area contributed by atoms with Gasteiger partial charge in [0, 0.05) is 33.4 Å². The predicted molar refractivity (Wildman–Crippen MR) is 197 cm³/mol. The average Bonchev–Trinajstić information content (AvgIpc) is 3.14. The van der Waals surface area contributed by atoms with Crippen LogP contribution in [-0.2, 0) is 4.57 Å². The van der Waals surface area contributed by atoms with Crippen molar-refractivity contribution in [3.05, 3.63) is 170 Å². The standard InChI is InChI=1S/C42H28N3O2P/c46-48-39-27-26-32(43(29-14-4-1-5-15-29)30-16-6-2-7-17-30)28-36(39)44(31-18-8-3-9-19-31)34-21-12-22-35(42(34)48)45-33-20-10-11-23-37(33)47-38-24-13-25-40(48)41(38)45/h1-28H. The number of para-hydroxylation sites is 6. The zero-order valence-electron chi connectivity index (χ0n) is 25.8. The Morgan fingerprint density at radius 2 is 1.04 bits per heavy atom. The fourth-order valence-corrected chi connectivity index (χ4v) is 10.9. The van der Waals surface area contributed by atoms with Gasteiger partial charge in [-0.2, -0.15) is 0 Å². The van der Waals surface area contributed by atoms with Crippen LogP contribution in [0.3, 0.4) is 0 Å². The highest BCUT2D eigenvalue weighted by atomic mass is 31.2. The molecule has 0 fully saturated rings. The topological polar surface area (TPSA) is 36.0 Å². The summed E-state index contributed by atoms with van der Waals surface area (Å²) in [6.45, 7) is 0. The molecular formula is C42H28N3O2P. The van der Waals surface area contributed by atoms with Gasteiger partial charge in [0.05, 0.1) is 28.1 Å². The zero-order chi connectivity index (χ0) is 31.8. The first-order valence-corrected chi connectivity index (χ1v) is 17.8. The second kappa shape index (κ2) is 10.2. The van der Waals surface area contributed by atoms with E-state index in [1.165, 1.54) is 0 Å². The Morgan fingerprint density at radius 1 is 0.458 bits per heavy atom. The highest BCUT2D eigenvalue weighted by Gasteiger charge is 2.50. The lowest BCUT2D eigenvalue weighted by Gasteiger charge is -2.46. The Hall–Kier alpha value is -6.03. The van der Waals surface area contributed by atoms with Crippen molar-refractivity contribution in [3.8, 4) is 11.5 Å². The van der Waals surface area contributed by atoms with Crippen LogP contribution in [0, 0.1) is 0 Å². The number of benzene rings is 7. The van der Waals surface area contributed by atoms with Gasteiger partial charge in [-0.15, -0.1) is 0 Å². The number of ether oxygens (including phenoxy) is 1. The molecule has 0 saturated carbocycles. The van der Waals surface area contributed by atoms with E-state index in [9.17, 15) is 0 Å². The van der Waals surface area contributed by atoms with E-state index in [2.05, 4.69) is 130 Å². The normalized spacial score (nSPS) is 16.2. The number of nitrogens with zero attached hydrogens (tertiary/aromatic N) is 3. The lowest BCUT2D eigenvalue weighted by molar-refractivity contribution is 0.477. The van der Waals surface area contributed by atoms with Crippen molar-refractivity contribution in [2.45, 2.75) is 0 Å². The van der Waals surface area contributed by atoms with Crippen LogP contribution in [0.5, 0.6) is 11.5 Å². The molecule has 228 valence electrons. The molecule has 0 aromatic heterocycles. The third kappa shape index (κ3) is 3.71. The number of anilines is 9. The quantitative estimate of drug-likeness (QED) is 0.180. The van der Waals surface area contributed by atoms with Crippen LogP contribution in [0.15, 0.2) is 170 Å². The minimum Gasteiger partial charge on any atom is -0.453 e. The summed E-state index contributed by atoms with van der Waals surface area (Å²) in [6.07, 6.45) is 0. The largest absolute Gasteiger partial charge is 0.453 e. The van der Waals surface area contributed by atoms with Gasteiger partial charge >= 0.3 is 0 Å². The van der Waals surface area contributed by atoms with Gasteiger partial charge in [-0.05, 0) is 91.0 Å². The fraction of sp³-hybridized carbons (Fsp3) is 0. The van der Waals surface area contributed by atoms with Gasteiger partial charge < -0.3 is 24.0 Å². The minimum atomic E-state index is -3.40. The molecule has 0 radical (unpaired) electrons. The fourth-order valence-electron chi connectivity index (χ4n) is 7.55. The van der Waals surface area contributed by atoms with Gasteiger partial charge in [0.25, 0.3) is 0 Å². The van der Waals surface area contributed by atoms with Crippen LogP contribution in [0.4, 0.5) is 51.2 Å². The highest BCUT2D eigenvalue weighted by Crippen LogP contribution is 2.64. The zero-order valence-corrected chi connectivity index (χ0v) is 26.7. The number of fused-ring (bicyclic) bond motifs is 6. The van der Waals surface area contributed by atoms with Gasteiger partial charge in [0.2, 0.25) is 0 Å². The Bertz CT molecular complexity index is 2390. The van der Waals surface area contributed by atoms with E-state index in [0.717, 1.165) is 72.8 Å². The summed E-state index contributed by atoms with van der Waals surface area (Å²) < 4.78 is 22.8. The average molecular weight is 638 g/mol. The summed E-state index contributed by atoms with van der Waals surface area (Å²) in [6, 6.07) is 57.9. The van der Waals surface area contributed by atoms with Gasteiger partial charge in [0.1, 0.15) is 5.69 Å². The first kappa shape index (κ1) is 27.1. The van der Waals surface area contributed by atoms with Crippen molar-refractivity contribution >= 4 is 74.2 Å². The van der Waals surface area contributed by atoms with Crippen LogP contribution in [0.2, 0.25) is 0 Å². The molecule has 3 heterocycles. The predicted octanol–water partition coefficient (Wildman–Crippen LogP) is 10.5. The Morgan fingerprint density at radius 3 is 1.77 bits per heavy atom. The van der Waals surface area contributed by atoms with Gasteiger partial charge in [-0.25, -0.2) is 0 Å². The van der Waals surface area contributed by atoms with Gasteiger partial charge in [-0.1, -0.05) is 78.9 Å². The molecule has 7 aromatic rings. The summed E-state index contributed by atoms with van der Waals surface area (Å²) >= 11 is 0. The maximum atomic E-state index is 16.4. The molecule has 1 unspecified atom stereocenters. The molecule has 48 heavy (non-hydrogen) atoms. The summed E-state index contributed by atoms with van der Waals surface area (Å²) in [5.41, 5.74) is 8.57. The maximum Gasteiger partial charge on any atom is 0.179 e. The summed E-state index contributed by atoms with van der Waals surface area (Å²) in [5.74, 6) is 1.49. The van der Waals surface area contributed by atoms with E-state index in [-0.39, 0.29) is 0 Å². The Kier molecular flexibility index (Phi) is 5.78. The van der Waals surface area contributed by atoms with Crippen molar-refractivity contribution in [2.75, 3.05) is 14.7 Å². The van der Waals surface area contributed by atoms with Crippen LogP contribution in [0.1, 0.15) is 0 Å². The molecule has 0 N–H and O–H groups in total. The first-order chi connectivity index (χ1) is 23.7. The SMILES string of the molecule is O=P12c3ccc(N(c4ccccc4)c4ccccc4)cc3N(c3ccccc3)c3cccc(c31)N1c3ccccc3Oc3cccc2c31. The Balaban J connectivity index is 1.28. The Labute approximate surface area is 278 Å². The van der Waals surface area contributed by atoms with Crippen molar-refractivity contribution in [2.24, 2.45) is 0 Å². The smallest absolute Gasteiger partial charge is 0.179 e. The molecule has 0 bridgehead atoms. The molecule has 0 amide bonds. The van der Waals surface area contributed by atoms with Crippen LogP contribution in [-0.4, -0.2) is 0 Å². The molecular weight excluding hydrogens is 609 g/mol. The third-order valence-corrected chi connectivity index (χ3v) is 12.7. The molecule has 6 heteroatoms. The lowest BCUT2D eigenvalue weighted by atomic mass is 10.1. The molecule has 0 aliphatic carbocycles. The van der Waals surface area contributed by atoms with Gasteiger partial charge in [-0.3, -0.25) is 0 Å². The first-order valence-electron chi connectivity index (χ1n) is 16.1. The molecule has 5 nitrogen and oxygen atoms in total. The second-order valence-electron chi connectivity index (χ2n) is 12.1. The lowest BCUT2D eigenvalue weighted by Crippen LogP contribution is -2.43. The van der Waals surface area contributed by atoms with Crippen LogP contribution in [0.25, 0.3) is 0 Å². The van der Waals surface area contributed by atoms with E-state index in [4.69, 9.17) is 4.74 Å². The molecule has 0 saturated heterocycles. The monoisotopic (exact) mass is 637 g/mol. The summed E-state index contributed by atoms with van der Waals surface area (Å²) in [7, 11) is -3.40. The van der Waals surface area contributed by atoms with E-state index < -0.39 is 7.14 Å². The minimum absolute atomic E-state index is 0.709. The van der Waals surface area contributed by atoms with Crippen molar-refractivity contribution < 1.29 is 9.30 Å². The third-order valence-electron chi connectivity index (χ3n) is 9.50. The van der Waals surface area contributed by atoms with Crippen LogP contribution < -0.4 is 35.4 Å². The van der Waals surface area contributed by atoms with Crippen molar-refractivity contribution in [1.82, 2.24) is 0 Å². The second-order valence-corrected chi connectivity index (χ2v) is 14.8. The van der Waals surface area contributed by atoms with E-state index in [1.807, 2.05) is 54.6 Å². The van der Waals surface area contributed by atoms with E-state index in [1.54, 1.807) is 0 Å². The summed E-state index contributed by atoms with van der Waals surface area (Å²) in [4.78, 5) is 6.78. The molecule has 3 aliphatic heterocycles. The number of rotatable bonds is 4. The summed E-state index contributed by atoms with van der Waals surface area (Å²) in [5, 5.41) is 2.45. The number of hydrogen-bond acceptors (Lipinski definition) is 5. The van der Waals surface area contributed by atoms with Crippen molar-refractivity contribution in [3.63, 3.8) is 0 Å². The van der Waals surface area contributed by atoms with E-state index in [0.29, 0.717) is 5.75 Å². The maximum absolute atomic E-state index is 16.4.